The van der Waals surface area contributed by atoms with Crippen molar-refractivity contribution in [2.45, 2.75) is 19.4 Å². The highest BCUT2D eigenvalue weighted by Crippen LogP contribution is 2.21. The van der Waals surface area contributed by atoms with Crippen molar-refractivity contribution in [3.05, 3.63) is 23.8 Å². The Morgan fingerprint density at radius 2 is 2.12 bits per heavy atom. The van der Waals surface area contributed by atoms with Crippen molar-refractivity contribution in [2.75, 3.05) is 6.54 Å². The summed E-state index contributed by atoms with van der Waals surface area (Å²) in [6.45, 7) is 1.93. The Bertz CT molecular complexity index is 376. The van der Waals surface area contributed by atoms with E-state index >= 15 is 0 Å². The van der Waals surface area contributed by atoms with Gasteiger partial charge in [0.15, 0.2) is 0 Å². The molecule has 1 amide bonds. The molecular weight excluding hydrogens is 210 g/mol. The van der Waals surface area contributed by atoms with Crippen LogP contribution in [0.25, 0.3) is 0 Å². The number of aliphatic hydroxyl groups excluding tert-OH is 1. The monoisotopic (exact) mass is 225 g/mol. The summed E-state index contributed by atoms with van der Waals surface area (Å²) < 4.78 is 0. The van der Waals surface area contributed by atoms with Gasteiger partial charge in [0.25, 0.3) is 5.91 Å². The van der Waals surface area contributed by atoms with Crippen molar-refractivity contribution in [3.8, 4) is 11.5 Å². The molecule has 0 radical (unpaired) electrons. The van der Waals surface area contributed by atoms with Gasteiger partial charge in [-0.3, -0.25) is 4.79 Å². The molecule has 1 rings (SSSR count). The first-order valence-corrected chi connectivity index (χ1v) is 4.99. The average Bonchev–Trinajstić information content (AvgIpc) is 2.21. The fourth-order valence-corrected chi connectivity index (χ4v) is 1.20. The molecule has 0 saturated carbocycles. The topological polar surface area (TPSA) is 89.8 Å². The van der Waals surface area contributed by atoms with Gasteiger partial charge in [-0.1, -0.05) is 0 Å². The molecule has 0 heterocycles. The van der Waals surface area contributed by atoms with E-state index in [2.05, 4.69) is 5.32 Å². The van der Waals surface area contributed by atoms with E-state index in [4.69, 9.17) is 10.2 Å². The minimum Gasteiger partial charge on any atom is -0.508 e. The van der Waals surface area contributed by atoms with Crippen molar-refractivity contribution in [2.24, 2.45) is 0 Å². The average molecular weight is 225 g/mol. The number of amides is 1. The standard InChI is InChI=1S/C11H15NO4/c1-7(13)4-5-12-11(16)9-6-8(14)2-3-10(9)15/h2-3,6-7,13-15H,4-5H2,1H3,(H,12,16). The molecule has 1 aromatic carbocycles. The Morgan fingerprint density at radius 1 is 1.44 bits per heavy atom. The van der Waals surface area contributed by atoms with Crippen molar-refractivity contribution < 1.29 is 20.1 Å². The summed E-state index contributed by atoms with van der Waals surface area (Å²) in [5.74, 6) is -0.750. The Kier molecular flexibility index (Phi) is 4.13. The highest BCUT2D eigenvalue weighted by atomic mass is 16.3. The summed E-state index contributed by atoms with van der Waals surface area (Å²) in [7, 11) is 0. The molecule has 0 spiro atoms. The molecule has 0 aliphatic carbocycles. The van der Waals surface area contributed by atoms with Gasteiger partial charge >= 0.3 is 0 Å². The van der Waals surface area contributed by atoms with Crippen LogP contribution in [0.2, 0.25) is 0 Å². The summed E-state index contributed by atoms with van der Waals surface area (Å²) in [4.78, 5) is 11.5. The Balaban J connectivity index is 2.62. The SMILES string of the molecule is CC(O)CCNC(=O)c1cc(O)ccc1O. The van der Waals surface area contributed by atoms with Gasteiger partial charge in [0, 0.05) is 6.54 Å². The largest absolute Gasteiger partial charge is 0.508 e. The van der Waals surface area contributed by atoms with Gasteiger partial charge in [0.05, 0.1) is 11.7 Å². The number of rotatable bonds is 4. The molecule has 0 aromatic heterocycles. The van der Waals surface area contributed by atoms with Crippen LogP contribution in [0.4, 0.5) is 0 Å². The van der Waals surface area contributed by atoms with Crippen molar-refractivity contribution >= 4 is 5.91 Å². The normalized spacial score (nSPS) is 12.1. The van der Waals surface area contributed by atoms with Crippen LogP contribution in [-0.4, -0.2) is 33.9 Å². The first-order valence-electron chi connectivity index (χ1n) is 4.99. The van der Waals surface area contributed by atoms with Gasteiger partial charge in [-0.05, 0) is 31.5 Å². The number of hydrogen-bond donors (Lipinski definition) is 4. The van der Waals surface area contributed by atoms with Crippen LogP contribution in [0, 0.1) is 0 Å². The third-order valence-corrected chi connectivity index (χ3v) is 2.07. The summed E-state index contributed by atoms with van der Waals surface area (Å²) in [5, 5.41) is 30.1. The van der Waals surface area contributed by atoms with Crippen LogP contribution >= 0.6 is 0 Å². The van der Waals surface area contributed by atoms with E-state index in [1.807, 2.05) is 0 Å². The van der Waals surface area contributed by atoms with Gasteiger partial charge in [-0.25, -0.2) is 0 Å². The molecule has 5 heteroatoms. The second-order valence-electron chi connectivity index (χ2n) is 3.60. The lowest BCUT2D eigenvalue weighted by Gasteiger charge is -2.08. The Morgan fingerprint density at radius 3 is 2.75 bits per heavy atom. The lowest BCUT2D eigenvalue weighted by atomic mass is 10.1. The summed E-state index contributed by atoms with van der Waals surface area (Å²) >= 11 is 0. The second-order valence-corrected chi connectivity index (χ2v) is 3.60. The van der Waals surface area contributed by atoms with Crippen molar-refractivity contribution in [1.82, 2.24) is 5.32 Å². The zero-order valence-corrected chi connectivity index (χ0v) is 8.97. The summed E-state index contributed by atoms with van der Waals surface area (Å²) in [6.07, 6.45) is -0.0521. The third kappa shape index (κ3) is 3.43. The molecule has 88 valence electrons. The predicted octanol–water partition coefficient (Wildman–Crippen LogP) is 0.599. The molecule has 0 aliphatic rings. The molecule has 0 fully saturated rings. The van der Waals surface area contributed by atoms with Crippen LogP contribution in [-0.2, 0) is 0 Å². The van der Waals surface area contributed by atoms with Gasteiger partial charge in [-0.2, -0.15) is 0 Å². The minimum absolute atomic E-state index is 0.0191. The van der Waals surface area contributed by atoms with E-state index in [-0.39, 0.29) is 17.1 Å². The van der Waals surface area contributed by atoms with Crippen molar-refractivity contribution in [3.63, 3.8) is 0 Å². The van der Waals surface area contributed by atoms with Crippen LogP contribution < -0.4 is 5.32 Å². The number of aliphatic hydroxyl groups is 1. The molecule has 16 heavy (non-hydrogen) atoms. The summed E-state index contributed by atoms with van der Waals surface area (Å²) in [6, 6.07) is 3.73. The lowest BCUT2D eigenvalue weighted by Crippen LogP contribution is -2.26. The first-order chi connectivity index (χ1) is 7.50. The number of aromatic hydroxyl groups is 2. The van der Waals surface area contributed by atoms with Gasteiger partial charge in [-0.15, -0.1) is 0 Å². The molecule has 1 unspecified atom stereocenters. The van der Waals surface area contributed by atoms with Gasteiger partial charge in [0.2, 0.25) is 0 Å². The number of carbonyl (C=O) groups excluding carboxylic acids is 1. The van der Waals surface area contributed by atoms with Crippen LogP contribution in [0.15, 0.2) is 18.2 Å². The molecule has 0 saturated heterocycles. The molecule has 0 aliphatic heterocycles. The summed E-state index contributed by atoms with van der Waals surface area (Å²) in [5.41, 5.74) is 0.0191. The number of hydrogen-bond acceptors (Lipinski definition) is 4. The highest BCUT2D eigenvalue weighted by Gasteiger charge is 2.11. The molecular formula is C11H15NO4. The van der Waals surface area contributed by atoms with E-state index in [9.17, 15) is 9.90 Å². The first kappa shape index (κ1) is 12.3. The zero-order chi connectivity index (χ0) is 12.1. The van der Waals surface area contributed by atoms with E-state index in [1.165, 1.54) is 18.2 Å². The fourth-order valence-electron chi connectivity index (χ4n) is 1.20. The predicted molar refractivity (Wildman–Crippen MR) is 58.4 cm³/mol. The number of phenols is 2. The molecule has 1 atom stereocenters. The van der Waals surface area contributed by atoms with Crippen molar-refractivity contribution in [1.29, 1.82) is 0 Å². The molecule has 4 N–H and O–H groups in total. The smallest absolute Gasteiger partial charge is 0.255 e. The highest BCUT2D eigenvalue weighted by molar-refractivity contribution is 5.97. The van der Waals surface area contributed by atoms with Gasteiger partial charge in [0.1, 0.15) is 11.5 Å². The van der Waals surface area contributed by atoms with E-state index in [0.717, 1.165) is 0 Å². The fraction of sp³-hybridized carbons (Fsp3) is 0.364. The van der Waals surface area contributed by atoms with Gasteiger partial charge < -0.3 is 20.6 Å². The lowest BCUT2D eigenvalue weighted by molar-refractivity contribution is 0.0942. The molecule has 1 aromatic rings. The Labute approximate surface area is 93.4 Å². The quantitative estimate of drug-likeness (QED) is 0.565. The Hall–Kier alpha value is -1.75. The number of benzene rings is 1. The maximum absolute atomic E-state index is 11.5. The minimum atomic E-state index is -0.488. The molecule has 5 nitrogen and oxygen atoms in total. The van der Waals surface area contributed by atoms with E-state index in [1.54, 1.807) is 6.92 Å². The van der Waals surface area contributed by atoms with Crippen LogP contribution in [0.5, 0.6) is 11.5 Å². The molecule has 0 bridgehead atoms. The van der Waals surface area contributed by atoms with Crippen LogP contribution in [0.3, 0.4) is 0 Å². The van der Waals surface area contributed by atoms with E-state index in [0.29, 0.717) is 13.0 Å². The van der Waals surface area contributed by atoms with E-state index < -0.39 is 12.0 Å². The zero-order valence-electron chi connectivity index (χ0n) is 8.97. The number of carbonyl (C=O) groups is 1. The maximum atomic E-state index is 11.5. The maximum Gasteiger partial charge on any atom is 0.255 e. The van der Waals surface area contributed by atoms with Crippen LogP contribution in [0.1, 0.15) is 23.7 Å². The number of phenolic OH excluding ortho intramolecular Hbond substituents is 2. The second kappa shape index (κ2) is 5.37. The number of nitrogens with one attached hydrogen (secondary N) is 1. The third-order valence-electron chi connectivity index (χ3n) is 2.07.